The summed E-state index contributed by atoms with van der Waals surface area (Å²) in [6.07, 6.45) is 5.01. The molecule has 0 atom stereocenters. The van der Waals surface area contributed by atoms with Crippen molar-refractivity contribution in [3.63, 3.8) is 0 Å². The van der Waals surface area contributed by atoms with Crippen molar-refractivity contribution in [2.75, 3.05) is 18.4 Å². The summed E-state index contributed by atoms with van der Waals surface area (Å²) in [5.41, 5.74) is 0.362. The monoisotopic (exact) mass is 412 g/mol. The molecular formula is C19H22ClFN2O3S. The van der Waals surface area contributed by atoms with Crippen molar-refractivity contribution in [1.29, 1.82) is 0 Å². The predicted octanol–water partition coefficient (Wildman–Crippen LogP) is 4.16. The number of benzene rings is 1. The first-order valence-corrected chi connectivity index (χ1v) is 10.3. The van der Waals surface area contributed by atoms with E-state index in [2.05, 4.69) is 11.9 Å². The normalized spacial score (nSPS) is 17.2. The van der Waals surface area contributed by atoms with Gasteiger partial charge in [-0.2, -0.15) is 4.31 Å². The molecule has 2 rings (SSSR count). The van der Waals surface area contributed by atoms with Crippen LogP contribution >= 0.6 is 11.6 Å². The first-order valence-electron chi connectivity index (χ1n) is 8.53. The molecule has 0 aliphatic carbocycles. The number of nitrogens with one attached hydrogen (secondary N) is 1. The third-order valence-electron chi connectivity index (χ3n) is 4.16. The summed E-state index contributed by atoms with van der Waals surface area (Å²) in [5, 5.41) is 2.70. The highest BCUT2D eigenvalue weighted by Crippen LogP contribution is 2.23. The standard InChI is InChI=1S/C19H22ClFN2O3S/c1-3-17(27(25,26)23-11-5-4-6-12-23)13-18(14(2)20)19(24)22-16-9-7-15(21)8-10-16/h3,7-10,13H,1,4-6,11-12H2,2H3,(H,22,24)/b17-13+,18-14-. The van der Waals surface area contributed by atoms with Crippen LogP contribution in [0.2, 0.25) is 0 Å². The topological polar surface area (TPSA) is 66.5 Å². The number of hydrogen-bond donors (Lipinski definition) is 1. The van der Waals surface area contributed by atoms with Crippen LogP contribution in [0.25, 0.3) is 0 Å². The molecule has 0 unspecified atom stereocenters. The molecule has 1 heterocycles. The molecule has 0 saturated carbocycles. The fraction of sp³-hybridized carbons (Fsp3) is 0.316. The number of piperidine rings is 1. The van der Waals surface area contributed by atoms with Crippen molar-refractivity contribution < 1.29 is 17.6 Å². The van der Waals surface area contributed by atoms with E-state index in [1.807, 2.05) is 0 Å². The molecule has 1 aromatic rings. The molecule has 146 valence electrons. The van der Waals surface area contributed by atoms with E-state index in [9.17, 15) is 17.6 Å². The van der Waals surface area contributed by atoms with Crippen LogP contribution in [0.4, 0.5) is 10.1 Å². The van der Waals surface area contributed by atoms with Crippen LogP contribution in [0.3, 0.4) is 0 Å². The molecule has 1 aliphatic heterocycles. The van der Waals surface area contributed by atoms with E-state index < -0.39 is 21.7 Å². The maximum absolute atomic E-state index is 13.0. The Hall–Kier alpha value is -1.96. The maximum atomic E-state index is 13.0. The highest BCUT2D eigenvalue weighted by atomic mass is 35.5. The lowest BCUT2D eigenvalue weighted by Crippen LogP contribution is -2.36. The van der Waals surface area contributed by atoms with Gasteiger partial charge in [0.05, 0.1) is 10.5 Å². The molecule has 0 aromatic heterocycles. The van der Waals surface area contributed by atoms with E-state index >= 15 is 0 Å². The van der Waals surface area contributed by atoms with Gasteiger partial charge in [0.2, 0.25) is 10.0 Å². The van der Waals surface area contributed by atoms with Crippen LogP contribution in [0, 0.1) is 5.82 Å². The summed E-state index contributed by atoms with van der Waals surface area (Å²) < 4.78 is 40.1. The minimum Gasteiger partial charge on any atom is -0.322 e. The summed E-state index contributed by atoms with van der Waals surface area (Å²) in [6, 6.07) is 5.21. The van der Waals surface area contributed by atoms with Gasteiger partial charge in [-0.1, -0.05) is 24.6 Å². The fourth-order valence-corrected chi connectivity index (χ4v) is 4.34. The van der Waals surface area contributed by atoms with Crippen molar-refractivity contribution in [3.05, 3.63) is 64.3 Å². The lowest BCUT2D eigenvalue weighted by Gasteiger charge is -2.26. The van der Waals surface area contributed by atoms with Crippen molar-refractivity contribution in [2.45, 2.75) is 26.2 Å². The number of allylic oxidation sites excluding steroid dienone is 2. The molecular weight excluding hydrogens is 391 g/mol. The number of carbonyl (C=O) groups excluding carboxylic acids is 1. The van der Waals surface area contributed by atoms with E-state index in [1.165, 1.54) is 47.6 Å². The number of nitrogens with zero attached hydrogens (tertiary/aromatic N) is 1. The Balaban J connectivity index is 2.31. The second-order valence-electron chi connectivity index (χ2n) is 6.12. The van der Waals surface area contributed by atoms with Crippen LogP contribution in [0.5, 0.6) is 0 Å². The van der Waals surface area contributed by atoms with E-state index in [-0.39, 0.29) is 15.5 Å². The Morgan fingerprint density at radius 2 is 1.81 bits per heavy atom. The largest absolute Gasteiger partial charge is 0.322 e. The highest BCUT2D eigenvalue weighted by molar-refractivity contribution is 7.93. The number of amides is 1. The van der Waals surface area contributed by atoms with Crippen molar-refractivity contribution in [1.82, 2.24) is 4.31 Å². The van der Waals surface area contributed by atoms with Crippen LogP contribution in [-0.2, 0) is 14.8 Å². The number of anilines is 1. The summed E-state index contributed by atoms with van der Waals surface area (Å²) in [4.78, 5) is 12.5. The number of hydrogen-bond acceptors (Lipinski definition) is 3. The average molecular weight is 413 g/mol. The lowest BCUT2D eigenvalue weighted by molar-refractivity contribution is -0.112. The van der Waals surface area contributed by atoms with E-state index in [0.717, 1.165) is 19.3 Å². The zero-order valence-electron chi connectivity index (χ0n) is 15.0. The summed E-state index contributed by atoms with van der Waals surface area (Å²) in [5.74, 6) is -1.03. The molecule has 1 aliphatic rings. The zero-order chi connectivity index (χ0) is 20.0. The van der Waals surface area contributed by atoms with Gasteiger partial charge in [-0.25, -0.2) is 12.8 Å². The number of halogens is 2. The molecule has 27 heavy (non-hydrogen) atoms. The zero-order valence-corrected chi connectivity index (χ0v) is 16.6. The molecule has 1 amide bonds. The van der Waals surface area contributed by atoms with E-state index in [4.69, 9.17) is 11.6 Å². The van der Waals surface area contributed by atoms with Gasteiger partial charge < -0.3 is 5.32 Å². The van der Waals surface area contributed by atoms with Crippen molar-refractivity contribution in [3.8, 4) is 0 Å². The summed E-state index contributed by atoms with van der Waals surface area (Å²) in [7, 11) is -3.76. The summed E-state index contributed by atoms with van der Waals surface area (Å²) >= 11 is 6.04. The van der Waals surface area contributed by atoms with Gasteiger partial charge in [0, 0.05) is 23.8 Å². The fourth-order valence-electron chi connectivity index (χ4n) is 2.69. The minimum absolute atomic E-state index is 0.00326. The van der Waals surface area contributed by atoms with Crippen LogP contribution < -0.4 is 5.32 Å². The third kappa shape index (κ3) is 5.51. The van der Waals surface area contributed by atoms with Gasteiger partial charge in [-0.15, -0.1) is 0 Å². The Kier molecular flexibility index (Phi) is 7.35. The van der Waals surface area contributed by atoms with Crippen LogP contribution in [0.15, 0.2) is 58.5 Å². The quantitative estimate of drug-likeness (QED) is 0.563. The smallest absolute Gasteiger partial charge is 0.256 e. The molecule has 5 nitrogen and oxygen atoms in total. The highest BCUT2D eigenvalue weighted by Gasteiger charge is 2.27. The molecule has 8 heteroatoms. The Morgan fingerprint density at radius 1 is 1.22 bits per heavy atom. The van der Waals surface area contributed by atoms with Gasteiger partial charge in [0.1, 0.15) is 5.82 Å². The van der Waals surface area contributed by atoms with Crippen LogP contribution in [0.1, 0.15) is 26.2 Å². The third-order valence-corrected chi connectivity index (χ3v) is 6.29. The molecule has 1 fully saturated rings. The molecule has 0 bridgehead atoms. The van der Waals surface area contributed by atoms with E-state index in [0.29, 0.717) is 18.8 Å². The van der Waals surface area contributed by atoms with Gasteiger partial charge in [-0.05, 0) is 56.2 Å². The minimum atomic E-state index is -3.76. The average Bonchev–Trinajstić information content (AvgIpc) is 2.64. The summed E-state index contributed by atoms with van der Waals surface area (Å²) in [6.45, 7) is 5.94. The molecule has 0 radical (unpaired) electrons. The van der Waals surface area contributed by atoms with Gasteiger partial charge >= 0.3 is 0 Å². The Labute approximate surface area is 164 Å². The number of carbonyl (C=O) groups is 1. The number of rotatable bonds is 6. The lowest BCUT2D eigenvalue weighted by atomic mass is 10.2. The Morgan fingerprint density at radius 3 is 2.33 bits per heavy atom. The predicted molar refractivity (Wildman–Crippen MR) is 106 cm³/mol. The van der Waals surface area contributed by atoms with Gasteiger partial charge in [0.15, 0.2) is 0 Å². The van der Waals surface area contributed by atoms with Crippen molar-refractivity contribution >= 4 is 33.2 Å². The van der Waals surface area contributed by atoms with Gasteiger partial charge in [0.25, 0.3) is 5.91 Å². The first-order chi connectivity index (χ1) is 12.8. The second kappa shape index (κ2) is 9.30. The first kappa shape index (κ1) is 21.3. The van der Waals surface area contributed by atoms with Crippen molar-refractivity contribution in [2.24, 2.45) is 0 Å². The molecule has 1 saturated heterocycles. The maximum Gasteiger partial charge on any atom is 0.256 e. The second-order valence-corrected chi connectivity index (χ2v) is 8.63. The number of sulfonamides is 1. The van der Waals surface area contributed by atoms with E-state index in [1.54, 1.807) is 0 Å². The Bertz CT molecular complexity index is 867. The van der Waals surface area contributed by atoms with Gasteiger partial charge in [-0.3, -0.25) is 4.79 Å². The molecule has 0 spiro atoms. The molecule has 1 aromatic carbocycles. The van der Waals surface area contributed by atoms with Crippen LogP contribution in [-0.4, -0.2) is 31.7 Å². The SMILES string of the molecule is C=C/C(=C\C(C(=O)Nc1ccc(F)cc1)=C(/C)Cl)S(=O)(=O)N1CCCCC1. The molecule has 1 N–H and O–H groups in total.